The zero-order valence-electron chi connectivity index (χ0n) is 13.3. The normalized spacial score (nSPS) is 19.2. The maximum Gasteiger partial charge on any atom is 0.243 e. The van der Waals surface area contributed by atoms with E-state index in [0.717, 1.165) is 25.6 Å². The average molecular weight is 293 g/mol. The Labute approximate surface area is 126 Å². The molecule has 1 aromatic rings. The van der Waals surface area contributed by atoms with E-state index in [4.69, 9.17) is 5.84 Å². The molecule has 0 aliphatic carbocycles. The largest absolute Gasteiger partial charge is 0.341 e. The third-order valence-corrected chi connectivity index (χ3v) is 4.10. The van der Waals surface area contributed by atoms with Crippen LogP contribution in [-0.4, -0.2) is 40.6 Å². The van der Waals surface area contributed by atoms with Crippen LogP contribution in [0.5, 0.6) is 0 Å². The van der Waals surface area contributed by atoms with Crippen molar-refractivity contribution in [2.24, 2.45) is 5.84 Å². The van der Waals surface area contributed by atoms with Crippen LogP contribution in [0.25, 0.3) is 0 Å². The van der Waals surface area contributed by atoms with Gasteiger partial charge in [0.15, 0.2) is 0 Å². The lowest BCUT2D eigenvalue weighted by molar-refractivity contribution is 0.603. The first-order valence-corrected chi connectivity index (χ1v) is 7.93. The molecule has 1 atom stereocenters. The van der Waals surface area contributed by atoms with Crippen LogP contribution in [0.2, 0.25) is 0 Å². The van der Waals surface area contributed by atoms with Gasteiger partial charge in [0.05, 0.1) is 0 Å². The number of aromatic nitrogens is 3. The minimum atomic E-state index is 0.429. The van der Waals surface area contributed by atoms with Crippen molar-refractivity contribution in [3.8, 4) is 0 Å². The molecular formula is C14H27N7. The Bertz CT molecular complexity index is 447. The summed E-state index contributed by atoms with van der Waals surface area (Å²) in [5.41, 5.74) is 2.56. The number of nitrogen functional groups attached to an aromatic ring is 1. The second-order valence-electron chi connectivity index (χ2n) is 5.47. The van der Waals surface area contributed by atoms with Crippen LogP contribution in [0.3, 0.4) is 0 Å². The predicted octanol–water partition coefficient (Wildman–Crippen LogP) is 1.77. The number of hydrogen-bond acceptors (Lipinski definition) is 7. The Morgan fingerprint density at radius 3 is 2.62 bits per heavy atom. The summed E-state index contributed by atoms with van der Waals surface area (Å²) in [5, 5.41) is 0. The van der Waals surface area contributed by atoms with Gasteiger partial charge in [0.1, 0.15) is 0 Å². The van der Waals surface area contributed by atoms with E-state index in [0.29, 0.717) is 17.9 Å². The van der Waals surface area contributed by atoms with Gasteiger partial charge in [0.2, 0.25) is 17.8 Å². The van der Waals surface area contributed by atoms with Crippen LogP contribution in [0, 0.1) is 0 Å². The summed E-state index contributed by atoms with van der Waals surface area (Å²) in [6, 6.07) is 0.449. The van der Waals surface area contributed by atoms with Crippen molar-refractivity contribution >= 4 is 17.8 Å². The van der Waals surface area contributed by atoms with Crippen LogP contribution in [0.15, 0.2) is 0 Å². The molecule has 3 N–H and O–H groups in total. The monoisotopic (exact) mass is 293 g/mol. The number of nitrogens with one attached hydrogen (secondary N) is 1. The number of rotatable bonds is 5. The molecule has 1 unspecified atom stereocenters. The van der Waals surface area contributed by atoms with Crippen molar-refractivity contribution in [2.75, 3.05) is 34.9 Å². The third-order valence-electron chi connectivity index (χ3n) is 4.10. The highest BCUT2D eigenvalue weighted by Gasteiger charge is 2.21. The summed E-state index contributed by atoms with van der Waals surface area (Å²) < 4.78 is 0. The number of hydrogen-bond donors (Lipinski definition) is 2. The molecule has 0 bridgehead atoms. The van der Waals surface area contributed by atoms with Crippen molar-refractivity contribution in [1.82, 2.24) is 15.0 Å². The summed E-state index contributed by atoms with van der Waals surface area (Å²) in [6.07, 6.45) is 4.91. The van der Waals surface area contributed by atoms with Crippen molar-refractivity contribution < 1.29 is 0 Å². The second-order valence-corrected chi connectivity index (χ2v) is 5.47. The summed E-state index contributed by atoms with van der Waals surface area (Å²) in [5.74, 6) is 7.37. The molecule has 7 heteroatoms. The van der Waals surface area contributed by atoms with Crippen molar-refractivity contribution in [1.29, 1.82) is 0 Å². The van der Waals surface area contributed by atoms with Crippen LogP contribution < -0.4 is 21.1 Å². The number of nitrogens with two attached hydrogens (primary N) is 1. The highest BCUT2D eigenvalue weighted by atomic mass is 15.4. The Balaban J connectivity index is 2.34. The number of hydrazine groups is 1. The first-order chi connectivity index (χ1) is 10.2. The molecule has 0 amide bonds. The standard InChI is InChI=1S/C14H27N7/c1-4-20(5-2)13-16-12(19-15)17-14(18-13)21-10-8-6-7-9-11(21)3/h11H,4-10,15H2,1-3H3,(H,16,17,18,19). The number of anilines is 3. The Morgan fingerprint density at radius 1 is 1.19 bits per heavy atom. The molecule has 0 saturated carbocycles. The first-order valence-electron chi connectivity index (χ1n) is 7.93. The fraction of sp³-hybridized carbons (Fsp3) is 0.786. The van der Waals surface area contributed by atoms with E-state index < -0.39 is 0 Å². The molecule has 1 aliphatic rings. The predicted molar refractivity (Wildman–Crippen MR) is 86.5 cm³/mol. The summed E-state index contributed by atoms with van der Waals surface area (Å²) in [7, 11) is 0. The van der Waals surface area contributed by atoms with E-state index in [9.17, 15) is 0 Å². The first kappa shape index (κ1) is 15.8. The fourth-order valence-corrected chi connectivity index (χ4v) is 2.77. The van der Waals surface area contributed by atoms with E-state index in [1.807, 2.05) is 0 Å². The van der Waals surface area contributed by atoms with Gasteiger partial charge >= 0.3 is 0 Å². The zero-order valence-corrected chi connectivity index (χ0v) is 13.3. The van der Waals surface area contributed by atoms with Crippen molar-refractivity contribution in [3.63, 3.8) is 0 Å². The van der Waals surface area contributed by atoms with E-state index in [1.165, 1.54) is 25.7 Å². The SMILES string of the molecule is CCN(CC)c1nc(NN)nc(N2CCCCCC2C)n1. The molecule has 2 rings (SSSR count). The van der Waals surface area contributed by atoms with Gasteiger partial charge < -0.3 is 9.80 Å². The quantitative estimate of drug-likeness (QED) is 0.632. The average Bonchev–Trinajstić information content (AvgIpc) is 2.72. The van der Waals surface area contributed by atoms with Crippen molar-refractivity contribution in [3.05, 3.63) is 0 Å². The Morgan fingerprint density at radius 2 is 1.95 bits per heavy atom. The zero-order chi connectivity index (χ0) is 15.2. The van der Waals surface area contributed by atoms with Crippen molar-refractivity contribution in [2.45, 2.75) is 52.5 Å². The van der Waals surface area contributed by atoms with Gasteiger partial charge in [0.25, 0.3) is 0 Å². The molecular weight excluding hydrogens is 266 g/mol. The molecule has 0 aromatic carbocycles. The number of nitrogens with zero attached hydrogens (tertiary/aromatic N) is 5. The minimum absolute atomic E-state index is 0.429. The summed E-state index contributed by atoms with van der Waals surface area (Å²) >= 11 is 0. The smallest absolute Gasteiger partial charge is 0.243 e. The van der Waals surface area contributed by atoms with Gasteiger partial charge in [-0.2, -0.15) is 15.0 Å². The summed E-state index contributed by atoms with van der Waals surface area (Å²) in [6.45, 7) is 9.14. The maximum absolute atomic E-state index is 5.53. The molecule has 1 aromatic heterocycles. The van der Waals surface area contributed by atoms with E-state index >= 15 is 0 Å². The molecule has 2 heterocycles. The maximum atomic E-state index is 5.53. The van der Waals surface area contributed by atoms with Crippen LogP contribution in [-0.2, 0) is 0 Å². The van der Waals surface area contributed by atoms with Crippen LogP contribution in [0.1, 0.15) is 46.5 Å². The summed E-state index contributed by atoms with van der Waals surface area (Å²) in [4.78, 5) is 17.9. The third kappa shape index (κ3) is 3.72. The molecule has 7 nitrogen and oxygen atoms in total. The second kappa shape index (κ2) is 7.40. The van der Waals surface area contributed by atoms with Gasteiger partial charge in [-0.1, -0.05) is 12.8 Å². The molecule has 1 fully saturated rings. The van der Waals surface area contributed by atoms with E-state index in [-0.39, 0.29) is 0 Å². The van der Waals surface area contributed by atoms with Gasteiger partial charge in [-0.25, -0.2) is 5.84 Å². The minimum Gasteiger partial charge on any atom is -0.341 e. The van der Waals surface area contributed by atoms with Crippen LogP contribution in [0.4, 0.5) is 17.8 Å². The van der Waals surface area contributed by atoms with E-state index in [2.05, 4.69) is 50.9 Å². The van der Waals surface area contributed by atoms with Gasteiger partial charge in [-0.3, -0.25) is 5.43 Å². The van der Waals surface area contributed by atoms with Gasteiger partial charge in [0, 0.05) is 25.7 Å². The lowest BCUT2D eigenvalue weighted by Gasteiger charge is -2.28. The molecule has 1 aliphatic heterocycles. The Hall–Kier alpha value is -1.63. The lowest BCUT2D eigenvalue weighted by Crippen LogP contribution is -2.35. The van der Waals surface area contributed by atoms with Crippen LogP contribution >= 0.6 is 0 Å². The Kier molecular flexibility index (Phi) is 5.55. The van der Waals surface area contributed by atoms with Gasteiger partial charge in [-0.15, -0.1) is 0 Å². The topological polar surface area (TPSA) is 83.2 Å². The molecule has 0 spiro atoms. The fourth-order valence-electron chi connectivity index (χ4n) is 2.77. The molecule has 0 radical (unpaired) electrons. The van der Waals surface area contributed by atoms with Gasteiger partial charge in [-0.05, 0) is 33.6 Å². The van der Waals surface area contributed by atoms with E-state index in [1.54, 1.807) is 0 Å². The molecule has 118 valence electrons. The lowest BCUT2D eigenvalue weighted by atomic mass is 10.1. The highest BCUT2D eigenvalue weighted by Crippen LogP contribution is 2.23. The molecule has 21 heavy (non-hydrogen) atoms. The highest BCUT2D eigenvalue weighted by molar-refractivity contribution is 5.45. The molecule has 1 saturated heterocycles.